The molecule has 1 aliphatic rings. The first-order chi connectivity index (χ1) is 15.7. The molecule has 2 amide bonds. The Hall–Kier alpha value is -2.83. The van der Waals surface area contributed by atoms with Gasteiger partial charge in [0.1, 0.15) is 5.82 Å². The second-order valence-corrected chi connectivity index (χ2v) is 9.88. The summed E-state index contributed by atoms with van der Waals surface area (Å²) >= 11 is 12.3. The Morgan fingerprint density at radius 2 is 1.58 bits per heavy atom. The fourth-order valence-electron chi connectivity index (χ4n) is 3.69. The van der Waals surface area contributed by atoms with Gasteiger partial charge in [-0.25, -0.2) is 14.8 Å². The fourth-order valence-corrected chi connectivity index (χ4v) is 4.19. The number of amides is 2. The van der Waals surface area contributed by atoms with E-state index in [1.54, 1.807) is 23.1 Å². The highest BCUT2D eigenvalue weighted by Gasteiger charge is 2.23. The summed E-state index contributed by atoms with van der Waals surface area (Å²) in [6.45, 7) is 9.02. The maximum Gasteiger partial charge on any atom is 0.322 e. The monoisotopic (exact) mass is 483 g/mol. The highest BCUT2D eigenvalue weighted by Crippen LogP contribution is 2.30. The molecule has 0 bridgehead atoms. The van der Waals surface area contributed by atoms with Crippen LogP contribution in [-0.4, -0.2) is 47.1 Å². The van der Waals surface area contributed by atoms with E-state index in [1.807, 2.05) is 12.3 Å². The Morgan fingerprint density at radius 1 is 0.939 bits per heavy atom. The molecule has 1 aromatic heterocycles. The van der Waals surface area contributed by atoms with Crippen molar-refractivity contribution >= 4 is 40.6 Å². The van der Waals surface area contributed by atoms with Gasteiger partial charge >= 0.3 is 6.03 Å². The topological polar surface area (TPSA) is 61.4 Å². The lowest BCUT2D eigenvalue weighted by Gasteiger charge is -2.36. The van der Waals surface area contributed by atoms with Gasteiger partial charge in [-0.2, -0.15) is 0 Å². The number of para-hydroxylation sites is 1. The van der Waals surface area contributed by atoms with Crippen molar-refractivity contribution < 1.29 is 4.79 Å². The van der Waals surface area contributed by atoms with Crippen LogP contribution >= 0.6 is 23.2 Å². The largest absolute Gasteiger partial charge is 0.368 e. The van der Waals surface area contributed by atoms with Gasteiger partial charge in [0.25, 0.3) is 0 Å². The standard InChI is InChI=1S/C25H27Cl2N5O/c1-25(2,3)23-28-12-11-21(29-23)17-7-9-18(10-8-17)31-13-15-32(16-14-31)24(33)30-22-19(26)5-4-6-20(22)27/h4-12H,13-16H2,1-3H3,(H,30,33). The van der Waals surface area contributed by atoms with Crippen LogP contribution < -0.4 is 10.2 Å². The number of nitrogens with zero attached hydrogens (tertiary/aromatic N) is 4. The van der Waals surface area contributed by atoms with Crippen molar-refractivity contribution in [2.45, 2.75) is 26.2 Å². The molecule has 2 aromatic carbocycles. The molecule has 1 saturated heterocycles. The molecular formula is C25H27Cl2N5O. The van der Waals surface area contributed by atoms with Crippen LogP contribution in [0.25, 0.3) is 11.3 Å². The van der Waals surface area contributed by atoms with Crippen molar-refractivity contribution in [1.29, 1.82) is 0 Å². The Morgan fingerprint density at radius 3 is 2.18 bits per heavy atom. The first-order valence-electron chi connectivity index (χ1n) is 10.9. The summed E-state index contributed by atoms with van der Waals surface area (Å²) in [5, 5.41) is 3.68. The summed E-state index contributed by atoms with van der Waals surface area (Å²) in [5.74, 6) is 0.830. The van der Waals surface area contributed by atoms with Crippen LogP contribution in [0, 0.1) is 0 Å². The number of carbonyl (C=O) groups excluding carboxylic acids is 1. The van der Waals surface area contributed by atoms with Crippen LogP contribution in [0.15, 0.2) is 54.7 Å². The molecule has 1 aliphatic heterocycles. The lowest BCUT2D eigenvalue weighted by Crippen LogP contribution is -2.50. The number of piperazine rings is 1. The number of halogens is 2. The van der Waals surface area contributed by atoms with E-state index in [9.17, 15) is 4.79 Å². The number of hydrogen-bond donors (Lipinski definition) is 1. The van der Waals surface area contributed by atoms with Gasteiger partial charge in [-0.15, -0.1) is 0 Å². The van der Waals surface area contributed by atoms with Gasteiger partial charge in [0.2, 0.25) is 0 Å². The second-order valence-electron chi connectivity index (χ2n) is 9.06. The number of nitrogens with one attached hydrogen (secondary N) is 1. The summed E-state index contributed by atoms with van der Waals surface area (Å²) < 4.78 is 0. The van der Waals surface area contributed by atoms with Crippen LogP contribution in [0.2, 0.25) is 10.0 Å². The molecule has 0 atom stereocenters. The number of rotatable bonds is 3. The van der Waals surface area contributed by atoms with Crippen molar-refractivity contribution in [3.8, 4) is 11.3 Å². The fraction of sp³-hybridized carbons (Fsp3) is 0.320. The van der Waals surface area contributed by atoms with Gasteiger partial charge in [0.05, 0.1) is 21.4 Å². The maximum absolute atomic E-state index is 12.7. The summed E-state index contributed by atoms with van der Waals surface area (Å²) in [6.07, 6.45) is 1.82. The molecule has 33 heavy (non-hydrogen) atoms. The normalized spacial score (nSPS) is 14.3. The van der Waals surface area contributed by atoms with Crippen molar-refractivity contribution in [1.82, 2.24) is 14.9 Å². The number of urea groups is 1. The third-order valence-corrected chi connectivity index (χ3v) is 6.25. The van der Waals surface area contributed by atoms with Crippen molar-refractivity contribution in [2.24, 2.45) is 0 Å². The first kappa shape index (κ1) is 23.3. The van der Waals surface area contributed by atoms with E-state index >= 15 is 0 Å². The zero-order valence-electron chi connectivity index (χ0n) is 19.0. The summed E-state index contributed by atoms with van der Waals surface area (Å²) in [6, 6.07) is 15.3. The van der Waals surface area contributed by atoms with Crippen LogP contribution in [0.1, 0.15) is 26.6 Å². The maximum atomic E-state index is 12.7. The third kappa shape index (κ3) is 5.40. The number of benzene rings is 2. The molecule has 0 spiro atoms. The lowest BCUT2D eigenvalue weighted by atomic mass is 9.95. The zero-order chi connectivity index (χ0) is 23.6. The Labute approximate surface area is 204 Å². The van der Waals surface area contributed by atoms with E-state index < -0.39 is 0 Å². The highest BCUT2D eigenvalue weighted by molar-refractivity contribution is 6.39. The van der Waals surface area contributed by atoms with E-state index in [-0.39, 0.29) is 11.4 Å². The van der Waals surface area contributed by atoms with Gasteiger partial charge in [-0.1, -0.05) is 62.2 Å². The van der Waals surface area contributed by atoms with Gasteiger partial charge in [0.15, 0.2) is 0 Å². The van der Waals surface area contributed by atoms with Gasteiger partial charge in [0, 0.05) is 49.0 Å². The molecule has 0 aliphatic carbocycles. The smallest absolute Gasteiger partial charge is 0.322 e. The lowest BCUT2D eigenvalue weighted by molar-refractivity contribution is 0.208. The first-order valence-corrected chi connectivity index (χ1v) is 11.7. The minimum absolute atomic E-state index is 0.0981. The Bertz CT molecular complexity index is 1120. The average Bonchev–Trinajstić information content (AvgIpc) is 2.81. The van der Waals surface area contributed by atoms with Crippen molar-refractivity contribution in [3.05, 3.63) is 70.6 Å². The molecule has 3 aromatic rings. The van der Waals surface area contributed by atoms with Crippen molar-refractivity contribution in [2.75, 3.05) is 36.4 Å². The van der Waals surface area contributed by atoms with Crippen molar-refractivity contribution in [3.63, 3.8) is 0 Å². The van der Waals surface area contributed by atoms with Gasteiger partial charge in [-0.05, 0) is 30.3 Å². The molecular weight excluding hydrogens is 457 g/mol. The molecule has 0 unspecified atom stereocenters. The predicted molar refractivity (Wildman–Crippen MR) is 135 cm³/mol. The number of aromatic nitrogens is 2. The predicted octanol–water partition coefficient (Wildman–Crippen LogP) is 6.10. The van der Waals surface area contributed by atoms with Crippen LogP contribution in [-0.2, 0) is 5.41 Å². The molecule has 8 heteroatoms. The highest BCUT2D eigenvalue weighted by atomic mass is 35.5. The Balaban J connectivity index is 1.38. The van der Waals surface area contributed by atoms with Crippen LogP contribution in [0.3, 0.4) is 0 Å². The van der Waals surface area contributed by atoms with Gasteiger partial charge < -0.3 is 15.1 Å². The summed E-state index contributed by atoms with van der Waals surface area (Å²) in [4.78, 5) is 25.9. The van der Waals surface area contributed by atoms with Gasteiger partial charge in [-0.3, -0.25) is 0 Å². The number of anilines is 2. The SMILES string of the molecule is CC(C)(C)c1nccc(-c2ccc(N3CCN(C(=O)Nc4c(Cl)cccc4Cl)CC3)cc2)n1. The van der Waals surface area contributed by atoms with E-state index in [1.165, 1.54) is 0 Å². The molecule has 4 rings (SSSR count). The molecule has 0 saturated carbocycles. The summed E-state index contributed by atoms with van der Waals surface area (Å²) in [5.41, 5.74) is 3.45. The number of carbonyl (C=O) groups is 1. The van der Waals surface area contributed by atoms with E-state index in [4.69, 9.17) is 28.2 Å². The molecule has 2 heterocycles. The number of hydrogen-bond acceptors (Lipinski definition) is 4. The molecule has 172 valence electrons. The molecule has 0 radical (unpaired) electrons. The molecule has 1 fully saturated rings. The second kappa shape index (κ2) is 9.57. The Kier molecular flexibility index (Phi) is 6.77. The molecule has 6 nitrogen and oxygen atoms in total. The van der Waals surface area contributed by atoms with E-state index in [0.717, 1.165) is 35.9 Å². The summed E-state index contributed by atoms with van der Waals surface area (Å²) in [7, 11) is 0. The minimum atomic E-state index is -0.196. The van der Waals surface area contributed by atoms with Crippen LogP contribution in [0.4, 0.5) is 16.2 Å². The van der Waals surface area contributed by atoms with Crippen LogP contribution in [0.5, 0.6) is 0 Å². The third-order valence-electron chi connectivity index (χ3n) is 5.62. The van der Waals surface area contributed by atoms with E-state index in [0.29, 0.717) is 28.8 Å². The quantitative estimate of drug-likeness (QED) is 0.488. The van der Waals surface area contributed by atoms with E-state index in [2.05, 4.69) is 60.2 Å². The average molecular weight is 484 g/mol. The zero-order valence-corrected chi connectivity index (χ0v) is 20.5. The minimum Gasteiger partial charge on any atom is -0.368 e. The molecule has 1 N–H and O–H groups in total.